The van der Waals surface area contributed by atoms with Crippen LogP contribution in [0, 0.1) is 0 Å². The van der Waals surface area contributed by atoms with Gasteiger partial charge in [-0.2, -0.15) is 0 Å². The van der Waals surface area contributed by atoms with Crippen molar-refractivity contribution in [2.24, 2.45) is 0 Å². The fourth-order valence-electron chi connectivity index (χ4n) is 11.4. The van der Waals surface area contributed by atoms with E-state index in [4.69, 9.17) is 0 Å². The average molecular weight is 915 g/mol. The zero-order valence-corrected chi connectivity index (χ0v) is 41.2. The van der Waals surface area contributed by atoms with Crippen LogP contribution in [0.4, 0.5) is 17.1 Å². The van der Waals surface area contributed by atoms with Gasteiger partial charge in [-0.05, 0) is 152 Å². The van der Waals surface area contributed by atoms with Gasteiger partial charge in [-0.1, -0.05) is 204 Å². The molecule has 0 atom stereocenters. The van der Waals surface area contributed by atoms with Crippen LogP contribution < -0.4 is 4.90 Å². The monoisotopic (exact) mass is 914 g/mol. The van der Waals surface area contributed by atoms with E-state index in [0.29, 0.717) is 0 Å². The van der Waals surface area contributed by atoms with Crippen LogP contribution in [0.3, 0.4) is 0 Å². The number of aromatic nitrogens is 1. The van der Waals surface area contributed by atoms with E-state index in [1.807, 2.05) is 0 Å². The van der Waals surface area contributed by atoms with Crippen molar-refractivity contribution in [3.63, 3.8) is 0 Å². The Balaban J connectivity index is 0.895. The number of benzene rings is 10. The van der Waals surface area contributed by atoms with Crippen molar-refractivity contribution >= 4 is 38.9 Å². The zero-order chi connectivity index (χ0) is 48.1. The molecule has 0 saturated carbocycles. The molecule has 0 spiro atoms. The molecule has 1 aliphatic rings. The first-order chi connectivity index (χ1) is 34.9. The number of hydrogen-bond acceptors (Lipinski definition) is 1. The lowest BCUT2D eigenvalue weighted by Gasteiger charge is -2.30. The first kappa shape index (κ1) is 44.0. The molecule has 1 aromatic heterocycles. The standard InChI is InChI=1S/C69H58N2/c1-5-15-47-23-41-66-62(43-47)63-44-48(16-6-2)24-42-67(63)71(66)57-36-31-53(32-37-57)51-27-25-50(26-28-51)52-29-34-56(35-30-52)70(58-38-40-61-60-21-13-14-22-64(60)69(3,4)65(61)46-58)68-45-55(49-17-9-7-10-18-49)33-39-59(68)54-19-11-8-12-20-54/h7-14,17-46H,5-6,15-16H2,1-4H3. The van der Waals surface area contributed by atoms with Crippen molar-refractivity contribution < 1.29 is 0 Å². The lowest BCUT2D eigenvalue weighted by atomic mass is 9.82. The third kappa shape index (κ3) is 7.94. The topological polar surface area (TPSA) is 8.17 Å². The lowest BCUT2D eigenvalue weighted by Crippen LogP contribution is -2.17. The molecule has 0 N–H and O–H groups in total. The van der Waals surface area contributed by atoms with Crippen LogP contribution in [0.15, 0.2) is 231 Å². The molecule has 2 nitrogen and oxygen atoms in total. The summed E-state index contributed by atoms with van der Waals surface area (Å²) >= 11 is 0. The van der Waals surface area contributed by atoms with E-state index in [1.54, 1.807) is 0 Å². The van der Waals surface area contributed by atoms with Crippen molar-refractivity contribution in [2.75, 3.05) is 4.90 Å². The fourth-order valence-corrected chi connectivity index (χ4v) is 11.4. The molecular formula is C69H58N2. The van der Waals surface area contributed by atoms with Gasteiger partial charge in [0.25, 0.3) is 0 Å². The summed E-state index contributed by atoms with van der Waals surface area (Å²) < 4.78 is 2.44. The van der Waals surface area contributed by atoms with E-state index in [1.165, 1.54) is 105 Å². The van der Waals surface area contributed by atoms with Crippen molar-refractivity contribution in [1.29, 1.82) is 0 Å². The lowest BCUT2D eigenvalue weighted by molar-refractivity contribution is 0.660. The summed E-state index contributed by atoms with van der Waals surface area (Å²) in [5.41, 5.74) is 24.6. The molecule has 10 aromatic carbocycles. The van der Waals surface area contributed by atoms with Gasteiger partial charge in [0.1, 0.15) is 0 Å². The van der Waals surface area contributed by atoms with Gasteiger partial charge in [0.05, 0.1) is 16.7 Å². The van der Waals surface area contributed by atoms with E-state index < -0.39 is 0 Å². The quantitative estimate of drug-likeness (QED) is 0.119. The van der Waals surface area contributed by atoms with Gasteiger partial charge in [-0.25, -0.2) is 0 Å². The van der Waals surface area contributed by atoms with E-state index in [2.05, 4.69) is 268 Å². The second kappa shape index (κ2) is 18.3. The van der Waals surface area contributed by atoms with Crippen molar-refractivity contribution in [3.05, 3.63) is 253 Å². The van der Waals surface area contributed by atoms with E-state index in [-0.39, 0.29) is 5.41 Å². The minimum Gasteiger partial charge on any atom is -0.310 e. The predicted molar refractivity (Wildman–Crippen MR) is 303 cm³/mol. The number of nitrogens with zero attached hydrogens (tertiary/aromatic N) is 2. The molecule has 71 heavy (non-hydrogen) atoms. The molecule has 1 heterocycles. The summed E-state index contributed by atoms with van der Waals surface area (Å²) in [5.74, 6) is 0. The Kier molecular flexibility index (Phi) is 11.3. The highest BCUT2D eigenvalue weighted by atomic mass is 15.1. The Morgan fingerprint density at radius 1 is 0.366 bits per heavy atom. The van der Waals surface area contributed by atoms with Gasteiger partial charge in [-0.3, -0.25) is 0 Å². The van der Waals surface area contributed by atoms with Crippen molar-refractivity contribution in [2.45, 2.75) is 58.8 Å². The van der Waals surface area contributed by atoms with Gasteiger partial charge in [0, 0.05) is 38.8 Å². The molecule has 344 valence electrons. The average Bonchev–Trinajstić information content (AvgIpc) is 3.86. The summed E-state index contributed by atoms with van der Waals surface area (Å²) in [4.78, 5) is 2.47. The number of hydrogen-bond donors (Lipinski definition) is 0. The van der Waals surface area contributed by atoms with Crippen LogP contribution in [0.2, 0.25) is 0 Å². The van der Waals surface area contributed by atoms with Gasteiger partial charge in [0.15, 0.2) is 0 Å². The minimum absolute atomic E-state index is 0.136. The fraction of sp³-hybridized carbons (Fsp3) is 0.130. The number of anilines is 3. The predicted octanol–water partition coefficient (Wildman–Crippen LogP) is 19.1. The number of rotatable bonds is 12. The summed E-state index contributed by atoms with van der Waals surface area (Å²) in [5, 5.41) is 2.69. The number of aryl methyl sites for hydroxylation is 2. The first-order valence-corrected chi connectivity index (χ1v) is 25.5. The van der Waals surface area contributed by atoms with E-state index >= 15 is 0 Å². The molecule has 2 heteroatoms. The van der Waals surface area contributed by atoms with Crippen LogP contribution in [0.5, 0.6) is 0 Å². The van der Waals surface area contributed by atoms with Gasteiger partial charge >= 0.3 is 0 Å². The minimum atomic E-state index is -0.136. The molecule has 1 aliphatic carbocycles. The summed E-state index contributed by atoms with van der Waals surface area (Å²) in [6.45, 7) is 9.25. The smallest absolute Gasteiger partial charge is 0.0546 e. The molecule has 11 aromatic rings. The van der Waals surface area contributed by atoms with E-state index in [0.717, 1.165) is 42.7 Å². The maximum atomic E-state index is 2.47. The van der Waals surface area contributed by atoms with Gasteiger partial charge < -0.3 is 9.47 Å². The Bertz CT molecular complexity index is 3650. The zero-order valence-electron chi connectivity index (χ0n) is 41.2. The van der Waals surface area contributed by atoms with Gasteiger partial charge in [0.2, 0.25) is 0 Å². The highest BCUT2D eigenvalue weighted by Crippen LogP contribution is 2.52. The SMILES string of the molecule is CCCc1ccc2c(c1)c1cc(CCC)ccc1n2-c1ccc(-c2ccc(-c3ccc(N(c4ccc5c(c4)C(C)(C)c4ccccc4-5)c4cc(-c5ccccc5)ccc4-c4ccccc4)cc3)cc2)cc1. The van der Waals surface area contributed by atoms with Crippen molar-refractivity contribution in [3.8, 4) is 61.3 Å². The molecule has 0 saturated heterocycles. The number of fused-ring (bicyclic) bond motifs is 6. The molecule has 0 aliphatic heterocycles. The van der Waals surface area contributed by atoms with Crippen LogP contribution in [0.1, 0.15) is 62.8 Å². The third-order valence-corrected chi connectivity index (χ3v) is 15.0. The summed E-state index contributed by atoms with van der Waals surface area (Å²) in [7, 11) is 0. The largest absolute Gasteiger partial charge is 0.310 e. The Hall–Kier alpha value is -8.20. The van der Waals surface area contributed by atoms with Crippen molar-refractivity contribution in [1.82, 2.24) is 4.57 Å². The molecule has 0 bridgehead atoms. The highest BCUT2D eigenvalue weighted by molar-refractivity contribution is 6.10. The Morgan fingerprint density at radius 3 is 1.42 bits per heavy atom. The van der Waals surface area contributed by atoms with Crippen LogP contribution in [-0.2, 0) is 18.3 Å². The molecule has 0 radical (unpaired) electrons. The molecular weight excluding hydrogens is 857 g/mol. The molecule has 0 fully saturated rings. The molecule has 0 unspecified atom stereocenters. The second-order valence-electron chi connectivity index (χ2n) is 19.9. The summed E-state index contributed by atoms with van der Waals surface area (Å²) in [6.07, 6.45) is 4.48. The van der Waals surface area contributed by atoms with E-state index in [9.17, 15) is 0 Å². The second-order valence-corrected chi connectivity index (χ2v) is 19.9. The third-order valence-electron chi connectivity index (χ3n) is 15.0. The Labute approximate surface area is 419 Å². The normalized spacial score (nSPS) is 12.6. The van der Waals surface area contributed by atoms with Crippen LogP contribution in [-0.4, -0.2) is 4.57 Å². The molecule has 12 rings (SSSR count). The first-order valence-electron chi connectivity index (χ1n) is 25.5. The maximum absolute atomic E-state index is 2.47. The van der Waals surface area contributed by atoms with Gasteiger partial charge in [-0.15, -0.1) is 0 Å². The van der Waals surface area contributed by atoms with Crippen LogP contribution in [0.25, 0.3) is 83.1 Å². The molecule has 0 amide bonds. The van der Waals surface area contributed by atoms with Crippen LogP contribution >= 0.6 is 0 Å². The maximum Gasteiger partial charge on any atom is 0.0546 e. The Morgan fingerprint density at radius 2 is 0.831 bits per heavy atom. The summed E-state index contributed by atoms with van der Waals surface area (Å²) in [6, 6.07) is 85.9. The highest BCUT2D eigenvalue weighted by Gasteiger charge is 2.36.